The van der Waals surface area contributed by atoms with Crippen LogP contribution in [0.5, 0.6) is 0 Å². The first kappa shape index (κ1) is 17.7. The zero-order chi connectivity index (χ0) is 19.1. The summed E-state index contributed by atoms with van der Waals surface area (Å²) in [5.74, 6) is -1.02. The smallest absolute Gasteiger partial charge is 0.316 e. The van der Waals surface area contributed by atoms with Crippen molar-refractivity contribution < 1.29 is 19.8 Å². The topological polar surface area (TPSA) is 99.3 Å². The van der Waals surface area contributed by atoms with Gasteiger partial charge in [-0.2, -0.15) is 10.2 Å². The molecule has 142 valence electrons. The van der Waals surface area contributed by atoms with Gasteiger partial charge in [0, 0.05) is 0 Å². The van der Waals surface area contributed by atoms with E-state index >= 15 is 0 Å². The Hall–Kier alpha value is -1.72. The molecule has 0 aromatic carbocycles. The third kappa shape index (κ3) is 1.69. The Kier molecular flexibility index (Phi) is 3.37. The maximum atomic E-state index is 12.2. The second kappa shape index (κ2) is 4.96. The Morgan fingerprint density at radius 3 is 1.42 bits per heavy atom. The highest BCUT2D eigenvalue weighted by molar-refractivity contribution is 6.12. The predicted octanol–water partition coefficient (Wildman–Crippen LogP) is 3.61. The maximum Gasteiger partial charge on any atom is 0.316 e. The summed E-state index contributed by atoms with van der Waals surface area (Å²) in [5.41, 5.74) is -1.30. The third-order valence-corrected chi connectivity index (χ3v) is 8.86. The van der Waals surface area contributed by atoms with Gasteiger partial charge >= 0.3 is 11.9 Å². The summed E-state index contributed by atoms with van der Waals surface area (Å²) in [6.45, 7) is 8.09. The summed E-state index contributed by atoms with van der Waals surface area (Å²) in [6, 6.07) is 0. The van der Waals surface area contributed by atoms with E-state index in [1.54, 1.807) is 0 Å². The van der Waals surface area contributed by atoms with Crippen LogP contribution in [0.1, 0.15) is 66.2 Å². The van der Waals surface area contributed by atoms with Crippen LogP contribution < -0.4 is 0 Å². The van der Waals surface area contributed by atoms with Crippen molar-refractivity contribution in [1.82, 2.24) is 0 Å². The number of hydrogen-bond acceptors (Lipinski definition) is 4. The normalized spacial score (nSPS) is 44.9. The van der Waals surface area contributed by atoms with Crippen LogP contribution in [0.2, 0.25) is 0 Å². The van der Waals surface area contributed by atoms with Crippen LogP contribution in [0, 0.1) is 33.5 Å². The van der Waals surface area contributed by atoms with Gasteiger partial charge in [-0.25, -0.2) is 0 Å². The Labute approximate surface area is 153 Å². The number of fused-ring (bicyclic) bond motifs is 4. The minimum Gasteiger partial charge on any atom is -0.481 e. The van der Waals surface area contributed by atoms with Crippen molar-refractivity contribution in [1.29, 1.82) is 0 Å². The standard InChI is InChI=1S/C20H28N2O4/c1-17(2)11-5-7-19(17,15(23)24)13(9-11)21-22-14-10-12-6-8-20(14,16(25)26)18(12,3)4/h11-12H,5-10H2,1-4H3,(H,23,24)(H,25,26). The van der Waals surface area contributed by atoms with Gasteiger partial charge in [0.2, 0.25) is 0 Å². The molecular weight excluding hydrogens is 332 g/mol. The van der Waals surface area contributed by atoms with E-state index in [1.807, 2.05) is 27.7 Å². The van der Waals surface area contributed by atoms with Crippen LogP contribution >= 0.6 is 0 Å². The third-order valence-electron chi connectivity index (χ3n) is 8.86. The summed E-state index contributed by atoms with van der Waals surface area (Å²) in [5, 5.41) is 28.9. The van der Waals surface area contributed by atoms with Crippen molar-refractivity contribution in [3.63, 3.8) is 0 Å². The minimum atomic E-state index is -0.953. The van der Waals surface area contributed by atoms with Gasteiger partial charge in [0.05, 0.1) is 11.4 Å². The highest BCUT2D eigenvalue weighted by atomic mass is 16.4. The fraction of sp³-hybridized carbons (Fsp3) is 0.800. The summed E-state index contributed by atoms with van der Waals surface area (Å²) in [4.78, 5) is 24.4. The van der Waals surface area contributed by atoms with Gasteiger partial charge in [0.1, 0.15) is 10.8 Å². The van der Waals surface area contributed by atoms with Crippen molar-refractivity contribution in [3.05, 3.63) is 0 Å². The zero-order valence-corrected chi connectivity index (χ0v) is 16.0. The van der Waals surface area contributed by atoms with Gasteiger partial charge < -0.3 is 10.2 Å². The van der Waals surface area contributed by atoms with E-state index in [0.717, 1.165) is 12.8 Å². The van der Waals surface area contributed by atoms with E-state index in [0.29, 0.717) is 48.9 Å². The van der Waals surface area contributed by atoms with Crippen molar-refractivity contribution in [2.75, 3.05) is 0 Å². The van der Waals surface area contributed by atoms with Gasteiger partial charge in [-0.1, -0.05) is 27.7 Å². The molecule has 6 heteroatoms. The molecular formula is C20H28N2O4. The lowest BCUT2D eigenvalue weighted by atomic mass is 9.68. The van der Waals surface area contributed by atoms with E-state index in [4.69, 9.17) is 0 Å². The molecule has 4 atom stereocenters. The number of rotatable bonds is 3. The molecule has 4 bridgehead atoms. The molecule has 0 spiro atoms. The lowest BCUT2D eigenvalue weighted by Crippen LogP contribution is -2.44. The Morgan fingerprint density at radius 1 is 0.808 bits per heavy atom. The molecule has 0 aromatic rings. The molecule has 4 fully saturated rings. The van der Waals surface area contributed by atoms with Gasteiger partial charge in [-0.05, 0) is 61.2 Å². The fourth-order valence-corrected chi connectivity index (χ4v) is 6.79. The van der Waals surface area contributed by atoms with Crippen LogP contribution in [-0.2, 0) is 9.59 Å². The number of carbonyl (C=O) groups is 2. The second-order valence-corrected chi connectivity index (χ2v) is 9.84. The lowest BCUT2D eigenvalue weighted by Gasteiger charge is -2.34. The first-order chi connectivity index (χ1) is 12.0. The van der Waals surface area contributed by atoms with Crippen molar-refractivity contribution in [3.8, 4) is 0 Å². The molecule has 26 heavy (non-hydrogen) atoms. The molecule has 0 aromatic heterocycles. The molecule has 4 aliphatic rings. The van der Waals surface area contributed by atoms with Crippen LogP contribution in [0.15, 0.2) is 10.2 Å². The molecule has 0 amide bonds. The summed E-state index contributed by atoms with van der Waals surface area (Å²) >= 11 is 0. The Balaban J connectivity index is 1.77. The molecule has 6 nitrogen and oxygen atoms in total. The van der Waals surface area contributed by atoms with Gasteiger partial charge in [0.15, 0.2) is 0 Å². The lowest BCUT2D eigenvalue weighted by molar-refractivity contribution is -0.149. The van der Waals surface area contributed by atoms with Crippen LogP contribution in [-0.4, -0.2) is 33.6 Å². The summed E-state index contributed by atoms with van der Waals surface area (Å²) < 4.78 is 0. The molecule has 0 radical (unpaired) electrons. The van der Waals surface area contributed by atoms with Crippen LogP contribution in [0.3, 0.4) is 0 Å². The molecule has 2 N–H and O–H groups in total. The Morgan fingerprint density at radius 2 is 1.15 bits per heavy atom. The van der Waals surface area contributed by atoms with Crippen molar-refractivity contribution in [2.24, 2.45) is 43.7 Å². The first-order valence-electron chi connectivity index (χ1n) is 9.63. The van der Waals surface area contributed by atoms with E-state index in [-0.39, 0.29) is 10.8 Å². The van der Waals surface area contributed by atoms with E-state index < -0.39 is 22.8 Å². The molecule has 4 rings (SSSR count). The predicted molar refractivity (Wildman–Crippen MR) is 97.3 cm³/mol. The van der Waals surface area contributed by atoms with Crippen LogP contribution in [0.25, 0.3) is 0 Å². The van der Waals surface area contributed by atoms with Gasteiger partial charge in [0.25, 0.3) is 0 Å². The number of nitrogens with zero attached hydrogens (tertiary/aromatic N) is 2. The average molecular weight is 360 g/mol. The van der Waals surface area contributed by atoms with E-state index in [9.17, 15) is 19.8 Å². The number of aliphatic carboxylic acids is 2. The number of carboxylic acids is 2. The van der Waals surface area contributed by atoms with E-state index in [1.165, 1.54) is 0 Å². The fourth-order valence-electron chi connectivity index (χ4n) is 6.79. The molecule has 4 unspecified atom stereocenters. The Bertz CT molecular complexity index is 702. The summed E-state index contributed by atoms with van der Waals surface area (Å²) in [7, 11) is 0. The molecule has 4 aliphatic carbocycles. The van der Waals surface area contributed by atoms with Gasteiger partial charge in [-0.15, -0.1) is 0 Å². The highest BCUT2D eigenvalue weighted by Gasteiger charge is 2.69. The first-order valence-corrected chi connectivity index (χ1v) is 9.63. The monoisotopic (exact) mass is 360 g/mol. The number of carboxylic acid groups (broad SMARTS) is 2. The highest BCUT2D eigenvalue weighted by Crippen LogP contribution is 2.66. The maximum absolute atomic E-state index is 12.2. The zero-order valence-electron chi connectivity index (χ0n) is 16.0. The van der Waals surface area contributed by atoms with E-state index in [2.05, 4.69) is 10.2 Å². The largest absolute Gasteiger partial charge is 0.481 e. The van der Waals surface area contributed by atoms with Crippen LogP contribution in [0.4, 0.5) is 0 Å². The molecule has 4 saturated carbocycles. The van der Waals surface area contributed by atoms with Crippen molar-refractivity contribution >= 4 is 23.4 Å². The number of hydrogen-bond donors (Lipinski definition) is 2. The van der Waals surface area contributed by atoms with Gasteiger partial charge in [-0.3, -0.25) is 9.59 Å². The second-order valence-electron chi connectivity index (χ2n) is 9.84. The quantitative estimate of drug-likeness (QED) is 0.751. The molecule has 0 heterocycles. The average Bonchev–Trinajstić information content (AvgIpc) is 3.14. The summed E-state index contributed by atoms with van der Waals surface area (Å²) in [6.07, 6.45) is 4.32. The molecule has 0 saturated heterocycles. The van der Waals surface area contributed by atoms with Crippen molar-refractivity contribution in [2.45, 2.75) is 66.2 Å². The SMILES string of the molecule is CC1(C)C2CCC1(C(=O)O)C(=NN=C1CC3CCC1(C(=O)O)C3(C)C)C2. The minimum absolute atomic E-state index is 0.308. The molecule has 0 aliphatic heterocycles.